The minimum Gasteiger partial charge on any atom is -0.330 e. The van der Waals surface area contributed by atoms with Crippen LogP contribution in [0, 0.1) is 22.0 Å². The minimum absolute atomic E-state index is 0.0739. The number of rotatable bonds is 6. The number of halogens is 1. The highest BCUT2D eigenvalue weighted by molar-refractivity contribution is 6.30. The second-order valence-corrected chi connectivity index (χ2v) is 8.09. The first kappa shape index (κ1) is 20.6. The van der Waals surface area contributed by atoms with Gasteiger partial charge in [0.25, 0.3) is 0 Å². The fourth-order valence-electron chi connectivity index (χ4n) is 3.97. The van der Waals surface area contributed by atoms with E-state index in [1.165, 1.54) is 6.20 Å². The van der Waals surface area contributed by atoms with Crippen LogP contribution < -0.4 is 22.1 Å². The van der Waals surface area contributed by atoms with Crippen molar-refractivity contribution in [3.63, 3.8) is 0 Å². The van der Waals surface area contributed by atoms with Gasteiger partial charge in [0.1, 0.15) is 0 Å². The van der Waals surface area contributed by atoms with Crippen molar-refractivity contribution >= 4 is 17.6 Å². The lowest BCUT2D eigenvalue weighted by Gasteiger charge is -2.37. The minimum atomic E-state index is -1.26. The molecule has 0 saturated heterocycles. The molecule has 152 valence electrons. The van der Waals surface area contributed by atoms with Crippen molar-refractivity contribution in [3.05, 3.63) is 56.9 Å². The van der Waals surface area contributed by atoms with Crippen LogP contribution in [0.25, 0.3) is 0 Å². The van der Waals surface area contributed by atoms with E-state index in [-0.39, 0.29) is 5.70 Å². The molecule has 1 aliphatic heterocycles. The summed E-state index contributed by atoms with van der Waals surface area (Å²) in [5.41, 5.74) is 11.9. The molecule has 0 aromatic heterocycles. The molecule has 1 atom stereocenters. The van der Waals surface area contributed by atoms with Gasteiger partial charge in [0, 0.05) is 5.02 Å². The van der Waals surface area contributed by atoms with E-state index in [9.17, 15) is 10.1 Å². The zero-order valence-electron chi connectivity index (χ0n) is 15.7. The molecule has 0 radical (unpaired) electrons. The summed E-state index contributed by atoms with van der Waals surface area (Å²) in [5, 5.41) is 18.1. The van der Waals surface area contributed by atoms with E-state index < -0.39 is 10.6 Å². The van der Waals surface area contributed by atoms with Gasteiger partial charge in [-0.2, -0.15) is 0 Å². The number of aliphatic imine (C=N–C) groups is 1. The van der Waals surface area contributed by atoms with Crippen LogP contribution in [-0.4, -0.2) is 23.1 Å². The van der Waals surface area contributed by atoms with Crippen LogP contribution in [0.4, 0.5) is 0 Å². The second-order valence-electron chi connectivity index (χ2n) is 7.65. The molecule has 1 unspecified atom stereocenters. The maximum absolute atomic E-state index is 11.5. The summed E-state index contributed by atoms with van der Waals surface area (Å²) in [4.78, 5) is 15.6. The number of nitrogens with zero attached hydrogens (tertiary/aromatic N) is 2. The Morgan fingerprint density at radius 1 is 1.29 bits per heavy atom. The van der Waals surface area contributed by atoms with Gasteiger partial charge in [0.2, 0.25) is 0 Å². The Morgan fingerprint density at radius 2 is 2.00 bits per heavy atom. The Labute approximate surface area is 169 Å². The highest BCUT2D eigenvalue weighted by Gasteiger charge is 2.44. The van der Waals surface area contributed by atoms with Crippen molar-refractivity contribution in [2.24, 2.45) is 28.3 Å². The van der Waals surface area contributed by atoms with Gasteiger partial charge in [-0.05, 0) is 68.2 Å². The largest absolute Gasteiger partial charge is 0.330 e. The van der Waals surface area contributed by atoms with Crippen molar-refractivity contribution in [2.75, 3.05) is 6.54 Å². The molecule has 1 fully saturated rings. The molecule has 3 rings (SSSR count). The van der Waals surface area contributed by atoms with E-state index in [1.54, 1.807) is 6.07 Å². The molecule has 1 aliphatic carbocycles. The van der Waals surface area contributed by atoms with Gasteiger partial charge < -0.3 is 16.4 Å². The first-order valence-corrected chi connectivity index (χ1v) is 9.95. The van der Waals surface area contributed by atoms with Gasteiger partial charge >= 0.3 is 5.70 Å². The summed E-state index contributed by atoms with van der Waals surface area (Å²) in [7, 11) is 0. The Balaban J connectivity index is 1.72. The summed E-state index contributed by atoms with van der Waals surface area (Å²) >= 11 is 6.00. The Bertz CT molecular complexity index is 775. The van der Waals surface area contributed by atoms with E-state index in [1.807, 2.05) is 18.2 Å². The van der Waals surface area contributed by atoms with Crippen LogP contribution in [0.2, 0.25) is 5.02 Å². The zero-order chi connectivity index (χ0) is 20.1. The number of nitro groups is 1. The smallest absolute Gasteiger partial charge is 0.301 e. The maximum atomic E-state index is 11.5. The number of hydrogen-bond acceptors (Lipinski definition) is 5. The van der Waals surface area contributed by atoms with Crippen LogP contribution >= 0.6 is 11.6 Å². The Kier molecular flexibility index (Phi) is 6.53. The van der Waals surface area contributed by atoms with E-state index >= 15 is 0 Å². The summed E-state index contributed by atoms with van der Waals surface area (Å²) in [6.45, 7) is 1.08. The van der Waals surface area contributed by atoms with Gasteiger partial charge in [-0.15, -0.1) is 0 Å². The van der Waals surface area contributed by atoms with Gasteiger partial charge in [-0.1, -0.05) is 23.7 Å². The maximum Gasteiger partial charge on any atom is 0.301 e. The molecule has 28 heavy (non-hydrogen) atoms. The molecule has 1 aromatic carbocycles. The van der Waals surface area contributed by atoms with E-state index in [4.69, 9.17) is 23.1 Å². The summed E-state index contributed by atoms with van der Waals surface area (Å²) in [6.07, 6.45) is 5.88. The molecule has 8 nitrogen and oxygen atoms in total. The van der Waals surface area contributed by atoms with Gasteiger partial charge in [0.05, 0.1) is 17.7 Å². The van der Waals surface area contributed by atoms with Crippen molar-refractivity contribution < 1.29 is 4.92 Å². The number of benzene rings is 1. The van der Waals surface area contributed by atoms with Crippen LogP contribution in [0.3, 0.4) is 0 Å². The second kappa shape index (κ2) is 8.89. The lowest BCUT2D eigenvalue weighted by Crippen LogP contribution is -2.64. The normalized spacial score (nSPS) is 29.0. The Hall–Kier alpha value is -2.16. The SMILES string of the molecule is NCC1CCC(CC2(N)NC(=NCc3cccc(Cl)c3)NC=C2[N+](=O)[O-])CC1. The van der Waals surface area contributed by atoms with Crippen LogP contribution in [0.5, 0.6) is 0 Å². The molecule has 0 spiro atoms. The molecule has 1 aromatic rings. The first-order valence-electron chi connectivity index (χ1n) is 9.57. The predicted octanol–water partition coefficient (Wildman–Crippen LogP) is 2.32. The monoisotopic (exact) mass is 406 g/mol. The topological polar surface area (TPSA) is 132 Å². The average molecular weight is 407 g/mol. The van der Waals surface area contributed by atoms with Crippen LogP contribution in [-0.2, 0) is 6.54 Å². The van der Waals surface area contributed by atoms with E-state index in [0.717, 1.165) is 31.2 Å². The lowest BCUT2D eigenvalue weighted by atomic mass is 9.77. The summed E-state index contributed by atoms with van der Waals surface area (Å²) in [5.74, 6) is 1.28. The molecule has 0 bridgehead atoms. The zero-order valence-corrected chi connectivity index (χ0v) is 16.5. The highest BCUT2D eigenvalue weighted by Crippen LogP contribution is 2.34. The molecular weight excluding hydrogens is 380 g/mol. The molecular formula is C19H27ClN6O2. The Morgan fingerprint density at radius 3 is 2.64 bits per heavy atom. The number of nitrogens with two attached hydrogens (primary N) is 2. The van der Waals surface area contributed by atoms with Gasteiger partial charge in [-0.3, -0.25) is 15.8 Å². The third kappa shape index (κ3) is 5.01. The molecule has 1 saturated carbocycles. The average Bonchev–Trinajstić information content (AvgIpc) is 2.66. The fourth-order valence-corrected chi connectivity index (χ4v) is 4.18. The molecule has 2 aliphatic rings. The van der Waals surface area contributed by atoms with Crippen molar-refractivity contribution in [2.45, 2.75) is 44.3 Å². The van der Waals surface area contributed by atoms with Crippen molar-refractivity contribution in [3.8, 4) is 0 Å². The number of nitrogens with one attached hydrogen (secondary N) is 2. The summed E-state index contributed by atoms with van der Waals surface area (Å²) < 4.78 is 0. The third-order valence-corrected chi connectivity index (χ3v) is 5.80. The third-order valence-electron chi connectivity index (χ3n) is 5.56. The standard InChI is InChI=1S/C19H27ClN6O2/c20-16-3-1-2-15(8-16)11-23-18-24-12-17(26(27)28)19(22,25-18)9-13-4-6-14(10-21)7-5-13/h1-3,8,12-14H,4-7,9-11,21-22H2,(H2,23,24,25). The number of hydrogen-bond donors (Lipinski definition) is 4. The summed E-state index contributed by atoms with van der Waals surface area (Å²) in [6, 6.07) is 7.40. The van der Waals surface area contributed by atoms with Crippen molar-refractivity contribution in [1.29, 1.82) is 0 Å². The molecule has 1 heterocycles. The molecule has 9 heteroatoms. The first-order chi connectivity index (χ1) is 13.4. The van der Waals surface area contributed by atoms with Gasteiger partial charge in [0.15, 0.2) is 11.6 Å². The van der Waals surface area contributed by atoms with Crippen LogP contribution in [0.15, 0.2) is 41.2 Å². The molecule has 0 amide bonds. The quantitative estimate of drug-likeness (QED) is 0.423. The van der Waals surface area contributed by atoms with Gasteiger partial charge in [-0.25, -0.2) is 4.99 Å². The fraction of sp³-hybridized carbons (Fsp3) is 0.526. The molecule has 6 N–H and O–H groups in total. The van der Waals surface area contributed by atoms with E-state index in [0.29, 0.717) is 42.3 Å². The lowest BCUT2D eigenvalue weighted by molar-refractivity contribution is -0.437. The van der Waals surface area contributed by atoms with E-state index in [2.05, 4.69) is 15.6 Å². The number of guanidine groups is 1. The van der Waals surface area contributed by atoms with Crippen LogP contribution in [0.1, 0.15) is 37.7 Å². The highest BCUT2D eigenvalue weighted by atomic mass is 35.5. The van der Waals surface area contributed by atoms with Crippen molar-refractivity contribution in [1.82, 2.24) is 10.6 Å². The predicted molar refractivity (Wildman–Crippen MR) is 110 cm³/mol.